The number of nitrogens with zero attached hydrogens (tertiary/aromatic N) is 8. The van der Waals surface area contributed by atoms with E-state index >= 15 is 0 Å². The third kappa shape index (κ3) is 4.34. The summed E-state index contributed by atoms with van der Waals surface area (Å²) in [6.45, 7) is 6.67. The molecule has 0 spiro atoms. The van der Waals surface area contributed by atoms with Gasteiger partial charge in [-0.2, -0.15) is 19.5 Å². The van der Waals surface area contributed by atoms with Crippen molar-refractivity contribution >= 4 is 23.6 Å². The predicted molar refractivity (Wildman–Crippen MR) is 119 cm³/mol. The average Bonchev–Trinajstić information content (AvgIpc) is 3.52. The first-order valence-electron chi connectivity index (χ1n) is 11.2. The summed E-state index contributed by atoms with van der Waals surface area (Å²) >= 11 is 0. The highest BCUT2D eigenvalue weighted by Gasteiger charge is 2.37. The second-order valence-corrected chi connectivity index (χ2v) is 9.18. The Balaban J connectivity index is 1.33. The van der Waals surface area contributed by atoms with Gasteiger partial charge in [-0.25, -0.2) is 4.39 Å². The molecule has 2 N–H and O–H groups in total. The Morgan fingerprint density at radius 3 is 2.70 bits per heavy atom. The van der Waals surface area contributed by atoms with E-state index in [1.807, 2.05) is 9.80 Å². The number of hydrogen-bond donors (Lipinski definition) is 1. The van der Waals surface area contributed by atoms with Gasteiger partial charge in [0.05, 0.1) is 6.26 Å². The summed E-state index contributed by atoms with van der Waals surface area (Å²) in [5.74, 6) is 1.72. The van der Waals surface area contributed by atoms with Crippen molar-refractivity contribution in [1.82, 2.24) is 34.4 Å². The average molecular weight is 458 g/mol. The Hall–Kier alpha value is -3.28. The monoisotopic (exact) mass is 457 g/mol. The maximum atomic E-state index is 14.0. The van der Waals surface area contributed by atoms with Crippen molar-refractivity contribution in [2.24, 2.45) is 0 Å². The van der Waals surface area contributed by atoms with E-state index < -0.39 is 5.67 Å². The van der Waals surface area contributed by atoms with Crippen LogP contribution in [0.2, 0.25) is 0 Å². The third-order valence-corrected chi connectivity index (χ3v) is 6.04. The number of alkyl halides is 1. The summed E-state index contributed by atoms with van der Waals surface area (Å²) in [4.78, 5) is 32.5. The minimum absolute atomic E-state index is 0.0476. The van der Waals surface area contributed by atoms with E-state index in [2.05, 4.69) is 25.0 Å². The van der Waals surface area contributed by atoms with Crippen molar-refractivity contribution in [1.29, 1.82) is 0 Å². The van der Waals surface area contributed by atoms with E-state index in [9.17, 15) is 9.18 Å². The molecule has 33 heavy (non-hydrogen) atoms. The molecule has 0 aliphatic carbocycles. The highest BCUT2D eigenvalue weighted by atomic mass is 19.1. The number of nitrogen functional groups attached to an aromatic ring is 1. The van der Waals surface area contributed by atoms with Crippen LogP contribution in [-0.4, -0.2) is 91.3 Å². The summed E-state index contributed by atoms with van der Waals surface area (Å²) in [7, 11) is 0. The molecule has 5 heterocycles. The number of carbonyl (C=O) groups excluding carboxylic acids is 1. The summed E-state index contributed by atoms with van der Waals surface area (Å²) in [6, 6.07) is 3.15. The van der Waals surface area contributed by atoms with Gasteiger partial charge in [-0.15, -0.1) is 5.10 Å². The Kier molecular flexibility index (Phi) is 5.39. The number of piperazine rings is 1. The molecular weight excluding hydrogens is 429 g/mol. The number of carbonyl (C=O) groups is 1. The van der Waals surface area contributed by atoms with Crippen LogP contribution >= 0.6 is 0 Å². The zero-order valence-electron chi connectivity index (χ0n) is 18.8. The number of furan rings is 1. The lowest BCUT2D eigenvalue weighted by Gasteiger charge is -2.38. The fraction of sp³-hybridized carbons (Fsp3) is 0.571. The number of anilines is 2. The van der Waals surface area contributed by atoms with Crippen LogP contribution < -0.4 is 10.6 Å². The van der Waals surface area contributed by atoms with Gasteiger partial charge >= 0.3 is 0 Å². The molecule has 3 aromatic rings. The Morgan fingerprint density at radius 2 is 2.00 bits per heavy atom. The van der Waals surface area contributed by atoms with Crippen molar-refractivity contribution in [2.45, 2.75) is 38.4 Å². The molecule has 2 aliphatic heterocycles. The van der Waals surface area contributed by atoms with Gasteiger partial charge in [0.25, 0.3) is 5.78 Å². The second-order valence-electron chi connectivity index (χ2n) is 9.18. The number of rotatable bonds is 5. The van der Waals surface area contributed by atoms with Crippen LogP contribution in [0.1, 0.15) is 26.7 Å². The fourth-order valence-electron chi connectivity index (χ4n) is 4.56. The molecule has 2 fully saturated rings. The molecule has 2 aliphatic rings. The predicted octanol–water partition coefficient (Wildman–Crippen LogP) is 1.22. The smallest absolute Gasteiger partial charge is 0.259 e. The van der Waals surface area contributed by atoms with Gasteiger partial charge < -0.3 is 20.0 Å². The number of aromatic nitrogens is 5. The first-order valence-corrected chi connectivity index (χ1v) is 11.2. The summed E-state index contributed by atoms with van der Waals surface area (Å²) in [5.41, 5.74) is 4.89. The van der Waals surface area contributed by atoms with Crippen molar-refractivity contribution in [3.05, 3.63) is 18.4 Å². The highest BCUT2D eigenvalue weighted by molar-refractivity contribution is 5.85. The molecule has 1 amide bonds. The molecule has 12 heteroatoms. The number of hydrogen-bond acceptors (Lipinski definition) is 9. The van der Waals surface area contributed by atoms with E-state index in [1.54, 1.807) is 32.2 Å². The van der Waals surface area contributed by atoms with Gasteiger partial charge in [0.15, 0.2) is 5.76 Å². The number of fused-ring (bicyclic) bond motifs is 1. The van der Waals surface area contributed by atoms with Gasteiger partial charge in [0.2, 0.25) is 23.6 Å². The van der Waals surface area contributed by atoms with Gasteiger partial charge in [0, 0.05) is 39.3 Å². The standard InChI is InChI=1S/C21H28FN9O2/c1-21(2,22)13-28-8-10-29(11-9-28)17(32)14-5-3-7-30(14)19-25-18(23)31-20(26-19)24-16(27-31)15-6-4-12-33-15/h4,6,12,14H,3,5,7-11,13H2,1-2H3,(H2,23,24,25,26,27)/t14-/m1/s1. The molecule has 0 aromatic carbocycles. The number of amides is 1. The van der Waals surface area contributed by atoms with E-state index in [-0.39, 0.29) is 17.9 Å². The maximum absolute atomic E-state index is 14.0. The largest absolute Gasteiger partial charge is 0.461 e. The highest BCUT2D eigenvalue weighted by Crippen LogP contribution is 2.26. The molecule has 1 atom stereocenters. The summed E-state index contributed by atoms with van der Waals surface area (Å²) in [6.07, 6.45) is 3.11. The van der Waals surface area contributed by atoms with Crippen LogP contribution in [0.5, 0.6) is 0 Å². The maximum Gasteiger partial charge on any atom is 0.259 e. The molecule has 2 saturated heterocycles. The van der Waals surface area contributed by atoms with Crippen LogP contribution in [-0.2, 0) is 4.79 Å². The number of nitrogens with two attached hydrogens (primary N) is 1. The lowest BCUT2D eigenvalue weighted by molar-refractivity contribution is -0.134. The molecular formula is C21H28FN9O2. The van der Waals surface area contributed by atoms with Gasteiger partial charge in [-0.3, -0.25) is 9.69 Å². The topological polar surface area (TPSA) is 122 Å². The van der Waals surface area contributed by atoms with Crippen molar-refractivity contribution in [2.75, 3.05) is 49.9 Å². The lowest BCUT2D eigenvalue weighted by atomic mass is 10.1. The van der Waals surface area contributed by atoms with Gasteiger partial charge in [0.1, 0.15) is 11.7 Å². The van der Waals surface area contributed by atoms with Gasteiger partial charge in [-0.05, 0) is 38.8 Å². The Morgan fingerprint density at radius 1 is 1.21 bits per heavy atom. The molecule has 5 rings (SSSR count). The zero-order chi connectivity index (χ0) is 23.2. The normalized spacial score (nSPS) is 20.2. The molecule has 0 radical (unpaired) electrons. The van der Waals surface area contributed by atoms with Crippen LogP contribution in [0.4, 0.5) is 16.3 Å². The zero-order valence-corrected chi connectivity index (χ0v) is 18.8. The van der Waals surface area contributed by atoms with Crippen molar-refractivity contribution in [3.8, 4) is 11.6 Å². The first kappa shape index (κ1) is 21.6. The molecule has 11 nitrogen and oxygen atoms in total. The first-order chi connectivity index (χ1) is 15.8. The fourth-order valence-corrected chi connectivity index (χ4v) is 4.56. The van der Waals surface area contributed by atoms with E-state index in [0.717, 1.165) is 12.8 Å². The third-order valence-electron chi connectivity index (χ3n) is 6.04. The second kappa shape index (κ2) is 8.25. The number of halogens is 1. The van der Waals surface area contributed by atoms with Crippen LogP contribution in [0.25, 0.3) is 17.4 Å². The minimum atomic E-state index is -1.25. The van der Waals surface area contributed by atoms with E-state index in [1.165, 1.54) is 4.52 Å². The molecule has 0 saturated carbocycles. The van der Waals surface area contributed by atoms with Crippen molar-refractivity contribution < 1.29 is 13.6 Å². The SMILES string of the molecule is CC(C)(F)CN1CCN(C(=O)[C@H]2CCCN2c2nc(N)n3nc(-c4ccco4)nc3n2)CC1. The van der Waals surface area contributed by atoms with Crippen LogP contribution in [0.3, 0.4) is 0 Å². The summed E-state index contributed by atoms with van der Waals surface area (Å²) < 4.78 is 20.7. The van der Waals surface area contributed by atoms with Crippen LogP contribution in [0, 0.1) is 0 Å². The van der Waals surface area contributed by atoms with E-state index in [0.29, 0.717) is 62.6 Å². The Bertz CT molecular complexity index is 1130. The molecule has 176 valence electrons. The lowest BCUT2D eigenvalue weighted by Crippen LogP contribution is -2.55. The minimum Gasteiger partial charge on any atom is -0.461 e. The molecule has 0 bridgehead atoms. The molecule has 3 aromatic heterocycles. The van der Waals surface area contributed by atoms with Crippen LogP contribution in [0.15, 0.2) is 22.8 Å². The summed E-state index contributed by atoms with van der Waals surface area (Å²) in [5, 5.41) is 4.32. The van der Waals surface area contributed by atoms with E-state index in [4.69, 9.17) is 10.2 Å². The van der Waals surface area contributed by atoms with Gasteiger partial charge in [-0.1, -0.05) is 0 Å². The Labute approximate surface area is 190 Å². The van der Waals surface area contributed by atoms with Crippen molar-refractivity contribution in [3.63, 3.8) is 0 Å². The molecule has 0 unspecified atom stereocenters. The quantitative estimate of drug-likeness (QED) is 0.602.